The van der Waals surface area contributed by atoms with E-state index in [1.54, 1.807) is 0 Å². The monoisotopic (exact) mass is 801 g/mol. The van der Waals surface area contributed by atoms with Crippen LogP contribution in [0.2, 0.25) is 0 Å². The summed E-state index contributed by atoms with van der Waals surface area (Å²) in [6, 6.07) is 57.9. The molecule has 1 fully saturated rings. The number of hydrogen-bond acceptors (Lipinski definition) is 8. The summed E-state index contributed by atoms with van der Waals surface area (Å²) in [6.45, 7) is 2.34. The molecule has 2 aliphatic rings. The van der Waals surface area contributed by atoms with Gasteiger partial charge in [-0.25, -0.2) is 0 Å². The Kier molecular flexibility index (Phi) is 14.4. The molecule has 306 valence electrons. The predicted molar refractivity (Wildman–Crippen MR) is 232 cm³/mol. The highest BCUT2D eigenvalue weighted by molar-refractivity contribution is 6.09. The second-order valence-corrected chi connectivity index (χ2v) is 15.1. The highest BCUT2D eigenvalue weighted by atomic mass is 16.8. The number of ketones is 1. The van der Waals surface area contributed by atoms with Gasteiger partial charge in [-0.2, -0.15) is 0 Å². The molecule has 0 aromatic heterocycles. The smallest absolute Gasteiger partial charge is 0.190 e. The Labute approximate surface area is 352 Å². The Morgan fingerprint density at radius 1 is 0.467 bits per heavy atom. The van der Waals surface area contributed by atoms with E-state index in [1.165, 1.54) is 0 Å². The summed E-state index contributed by atoms with van der Waals surface area (Å²) in [4.78, 5) is 15.4. The lowest BCUT2D eigenvalue weighted by molar-refractivity contribution is -0.373. The van der Waals surface area contributed by atoms with Crippen molar-refractivity contribution in [1.82, 2.24) is 0 Å². The van der Waals surface area contributed by atoms with Crippen LogP contribution >= 0.6 is 0 Å². The summed E-state index contributed by atoms with van der Waals surface area (Å²) in [5.74, 6) is 0.0756. The van der Waals surface area contributed by atoms with Gasteiger partial charge < -0.3 is 33.3 Å². The van der Waals surface area contributed by atoms with Crippen LogP contribution in [-0.2, 0) is 61.5 Å². The molecule has 5 atom stereocenters. The van der Waals surface area contributed by atoms with Gasteiger partial charge in [-0.3, -0.25) is 4.79 Å². The van der Waals surface area contributed by atoms with Gasteiger partial charge in [0.1, 0.15) is 18.3 Å². The number of nitrogens with zero attached hydrogens (tertiary/aromatic N) is 1. The summed E-state index contributed by atoms with van der Waals surface area (Å²) in [5.41, 5.74) is 7.55. The summed E-state index contributed by atoms with van der Waals surface area (Å²) >= 11 is 0. The Hall–Kier alpha value is -5.71. The van der Waals surface area contributed by atoms with Crippen molar-refractivity contribution in [2.75, 3.05) is 11.4 Å². The summed E-state index contributed by atoms with van der Waals surface area (Å²) in [5, 5.41) is 0. The Morgan fingerprint density at radius 3 is 1.30 bits per heavy atom. The number of benzene rings is 6. The van der Waals surface area contributed by atoms with Crippen molar-refractivity contribution in [1.29, 1.82) is 0 Å². The first kappa shape index (κ1) is 41.0. The molecule has 60 heavy (non-hydrogen) atoms. The fourth-order valence-corrected chi connectivity index (χ4v) is 7.51. The van der Waals surface area contributed by atoms with E-state index in [4.69, 9.17) is 28.4 Å². The highest BCUT2D eigenvalue weighted by Gasteiger charge is 2.50. The van der Waals surface area contributed by atoms with Crippen molar-refractivity contribution < 1.29 is 33.2 Å². The minimum absolute atomic E-state index is 0.0756. The van der Waals surface area contributed by atoms with Crippen molar-refractivity contribution in [3.05, 3.63) is 221 Å². The van der Waals surface area contributed by atoms with Gasteiger partial charge in [0.25, 0.3) is 0 Å². The molecule has 6 aromatic rings. The first-order chi connectivity index (χ1) is 29.7. The van der Waals surface area contributed by atoms with Crippen molar-refractivity contribution in [2.24, 2.45) is 0 Å². The fraction of sp³-hybridized carbons (Fsp3) is 0.250. The van der Waals surface area contributed by atoms with E-state index in [0.717, 1.165) is 58.5 Å². The molecule has 0 N–H and O–H groups in total. The van der Waals surface area contributed by atoms with Crippen LogP contribution in [0.25, 0.3) is 0 Å². The van der Waals surface area contributed by atoms with Crippen LogP contribution in [0.3, 0.4) is 0 Å². The van der Waals surface area contributed by atoms with Crippen LogP contribution in [-0.4, -0.2) is 43.2 Å². The molecule has 0 spiro atoms. The molecule has 0 amide bonds. The van der Waals surface area contributed by atoms with E-state index >= 15 is 0 Å². The molecule has 1 saturated heterocycles. The second-order valence-electron chi connectivity index (χ2n) is 15.1. The van der Waals surface area contributed by atoms with Gasteiger partial charge in [0.05, 0.1) is 33.0 Å². The molecule has 6 aromatic carbocycles. The largest absolute Gasteiger partial charge is 0.368 e. The lowest BCUT2D eigenvalue weighted by Crippen LogP contribution is -2.61. The minimum Gasteiger partial charge on any atom is -0.368 e. The van der Waals surface area contributed by atoms with Gasteiger partial charge >= 0.3 is 0 Å². The van der Waals surface area contributed by atoms with Crippen molar-refractivity contribution in [2.45, 2.75) is 76.8 Å². The number of carbonyl (C=O) groups is 1. The summed E-state index contributed by atoms with van der Waals surface area (Å²) in [6.07, 6.45) is -0.0708. The number of allylic oxidation sites excluding steroid dienone is 1. The number of hydrogen-bond donors (Lipinski definition) is 0. The maximum atomic E-state index is 13.3. The molecule has 8 nitrogen and oxygen atoms in total. The zero-order chi connectivity index (χ0) is 40.8. The first-order valence-corrected chi connectivity index (χ1v) is 20.7. The lowest BCUT2D eigenvalue weighted by Gasteiger charge is -2.45. The number of rotatable bonds is 18. The van der Waals surface area contributed by atoms with Crippen molar-refractivity contribution in [3.8, 4) is 0 Å². The minimum atomic E-state index is -0.872. The van der Waals surface area contributed by atoms with Gasteiger partial charge in [-0.05, 0) is 52.8 Å². The summed E-state index contributed by atoms with van der Waals surface area (Å²) < 4.78 is 40.4. The van der Waals surface area contributed by atoms with E-state index in [2.05, 4.69) is 29.2 Å². The normalized spacial score (nSPS) is 20.4. The molecule has 0 radical (unpaired) electrons. The van der Waals surface area contributed by atoms with Crippen LogP contribution in [0.15, 0.2) is 188 Å². The maximum Gasteiger partial charge on any atom is 0.190 e. The molecule has 0 bridgehead atoms. The van der Waals surface area contributed by atoms with Gasteiger partial charge in [0, 0.05) is 29.6 Å². The first-order valence-electron chi connectivity index (χ1n) is 20.7. The molecular weight excluding hydrogens is 751 g/mol. The zero-order valence-corrected chi connectivity index (χ0v) is 33.7. The van der Waals surface area contributed by atoms with E-state index in [0.29, 0.717) is 32.0 Å². The zero-order valence-electron chi connectivity index (χ0n) is 33.7. The molecular formula is C52H51NO7. The third-order valence-electron chi connectivity index (χ3n) is 10.7. The SMILES string of the molecule is O=C(C1=CN(c2ccc(COC3O[C@H](OCc4ccccc4)[C@@H](OCc4ccccc4)[C@H](OCc4ccccc4)[C@H]3OCc3ccccc3)cc2)CCC1)c1ccccc1. The molecule has 0 aliphatic carbocycles. The van der Waals surface area contributed by atoms with E-state index < -0.39 is 30.9 Å². The number of Topliss-reactive ketones (excluding diaryl/α,β-unsaturated/α-hetero) is 1. The second kappa shape index (κ2) is 21.0. The standard InChI is InChI=1S/C52H51NO7/c54-47(44-25-14-5-15-26-44)45-27-16-32-53(33-45)46-30-28-43(29-31-46)38-59-52-50(57-36-41-21-10-3-11-22-41)48(55-34-39-17-6-1-7-18-39)49(56-35-40-19-8-2-9-20-40)51(60-52)58-37-42-23-12-4-13-24-42/h1-15,17-26,28-31,33,48-52H,16,27,32,34-38H2/t48-,49-,50+,51-,52?/m0/s1. The molecule has 2 aliphatic heterocycles. The van der Waals surface area contributed by atoms with Crippen LogP contribution in [0, 0.1) is 0 Å². The average molecular weight is 802 g/mol. The lowest BCUT2D eigenvalue weighted by atomic mass is 9.97. The number of anilines is 1. The van der Waals surface area contributed by atoms with Crippen LogP contribution < -0.4 is 4.90 Å². The van der Waals surface area contributed by atoms with Crippen LogP contribution in [0.4, 0.5) is 5.69 Å². The average Bonchev–Trinajstić information content (AvgIpc) is 3.32. The quantitative estimate of drug-likeness (QED) is 0.0796. The van der Waals surface area contributed by atoms with Crippen molar-refractivity contribution in [3.63, 3.8) is 0 Å². The Morgan fingerprint density at radius 2 is 0.850 bits per heavy atom. The molecule has 0 saturated carbocycles. The van der Waals surface area contributed by atoms with Gasteiger partial charge in [-0.1, -0.05) is 164 Å². The predicted octanol–water partition coefficient (Wildman–Crippen LogP) is 10.2. The Bertz CT molecular complexity index is 2220. The molecule has 8 heteroatoms. The van der Waals surface area contributed by atoms with Crippen molar-refractivity contribution >= 4 is 11.5 Å². The Balaban J connectivity index is 1.05. The van der Waals surface area contributed by atoms with E-state index in [9.17, 15) is 4.79 Å². The third kappa shape index (κ3) is 11.1. The van der Waals surface area contributed by atoms with Gasteiger partial charge in [0.15, 0.2) is 18.4 Å². The van der Waals surface area contributed by atoms with Gasteiger partial charge in [-0.15, -0.1) is 0 Å². The number of carbonyl (C=O) groups excluding carboxylic acids is 1. The van der Waals surface area contributed by atoms with E-state index in [1.807, 2.05) is 158 Å². The van der Waals surface area contributed by atoms with Gasteiger partial charge in [0.2, 0.25) is 0 Å². The molecule has 2 heterocycles. The molecule has 8 rings (SSSR count). The third-order valence-corrected chi connectivity index (χ3v) is 10.7. The van der Waals surface area contributed by atoms with Crippen LogP contribution in [0.1, 0.15) is 51.0 Å². The topological polar surface area (TPSA) is 75.7 Å². The maximum absolute atomic E-state index is 13.3. The van der Waals surface area contributed by atoms with Crippen LogP contribution in [0.5, 0.6) is 0 Å². The van der Waals surface area contributed by atoms with E-state index in [-0.39, 0.29) is 12.4 Å². The molecule has 1 unspecified atom stereocenters. The summed E-state index contributed by atoms with van der Waals surface area (Å²) in [7, 11) is 0. The highest BCUT2D eigenvalue weighted by Crippen LogP contribution is 2.33. The number of ether oxygens (including phenoxy) is 6. The fourth-order valence-electron chi connectivity index (χ4n) is 7.51.